The van der Waals surface area contributed by atoms with Crippen LogP contribution < -0.4 is 4.74 Å². The molecule has 2 heterocycles. The minimum atomic E-state index is -0.221. The van der Waals surface area contributed by atoms with E-state index in [1.807, 2.05) is 18.2 Å². The van der Waals surface area contributed by atoms with E-state index in [-0.39, 0.29) is 17.8 Å². The summed E-state index contributed by atoms with van der Waals surface area (Å²) in [7, 11) is 0. The van der Waals surface area contributed by atoms with Crippen molar-refractivity contribution in [3.8, 4) is 5.75 Å². The fourth-order valence-corrected chi connectivity index (χ4v) is 3.42. The van der Waals surface area contributed by atoms with Gasteiger partial charge in [-0.25, -0.2) is 0 Å². The second kappa shape index (κ2) is 5.29. The summed E-state index contributed by atoms with van der Waals surface area (Å²) < 4.78 is 12.5. The third kappa shape index (κ3) is 2.34. The summed E-state index contributed by atoms with van der Waals surface area (Å²) in [5.74, 6) is 0.975. The molecule has 0 spiro atoms. The lowest BCUT2D eigenvalue weighted by Crippen LogP contribution is -2.42. The summed E-state index contributed by atoms with van der Waals surface area (Å²) in [5.41, 5.74) is 2.17. The van der Waals surface area contributed by atoms with Crippen molar-refractivity contribution in [2.24, 2.45) is 0 Å². The molecule has 1 saturated heterocycles. The van der Waals surface area contributed by atoms with Crippen LogP contribution in [-0.4, -0.2) is 11.7 Å². The van der Waals surface area contributed by atoms with Gasteiger partial charge in [-0.15, -0.1) is 0 Å². The Morgan fingerprint density at radius 2 is 1.82 bits per heavy atom. The number of ether oxygens (including phenoxy) is 2. The van der Waals surface area contributed by atoms with Crippen LogP contribution in [0.15, 0.2) is 60.7 Å². The second-order valence-electron chi connectivity index (χ2n) is 6.32. The van der Waals surface area contributed by atoms with E-state index in [1.54, 1.807) is 0 Å². The minimum absolute atomic E-state index is 0.0304. The lowest BCUT2D eigenvalue weighted by Gasteiger charge is -2.38. The number of hydrogen-bond acceptors (Lipinski definition) is 2. The molecule has 0 saturated carbocycles. The molecule has 1 fully saturated rings. The van der Waals surface area contributed by atoms with E-state index in [9.17, 15) is 0 Å². The topological polar surface area (TPSA) is 18.5 Å². The Morgan fingerprint density at radius 1 is 1.05 bits per heavy atom. The van der Waals surface area contributed by atoms with Crippen LogP contribution >= 0.6 is 0 Å². The van der Waals surface area contributed by atoms with E-state index in [0.29, 0.717) is 0 Å². The number of hydrogen-bond donors (Lipinski definition) is 0. The van der Waals surface area contributed by atoms with Crippen molar-refractivity contribution in [1.29, 1.82) is 0 Å². The van der Waals surface area contributed by atoms with E-state index in [2.05, 4.69) is 55.5 Å². The van der Waals surface area contributed by atoms with Crippen LogP contribution in [-0.2, 0) is 4.74 Å². The predicted molar refractivity (Wildman–Crippen MR) is 87.8 cm³/mol. The lowest BCUT2D eigenvalue weighted by molar-refractivity contribution is -0.125. The summed E-state index contributed by atoms with van der Waals surface area (Å²) in [6.45, 7) is 2.16. The highest BCUT2D eigenvalue weighted by molar-refractivity contribution is 5.49. The van der Waals surface area contributed by atoms with Gasteiger partial charge in [0.2, 0.25) is 0 Å². The number of fused-ring (bicyclic) bond motifs is 3. The maximum atomic E-state index is 6.35. The standard InChI is InChI=1S/C20H20O2/c1-20-14-13-16(12-11-15-7-3-2-4-8-15)21-19(20)17-9-5-6-10-18(17)22-20/h2-12,16,19H,13-14H2,1H3/b12-11+/t16-,19+,20+/m0/s1. The van der Waals surface area contributed by atoms with Gasteiger partial charge in [-0.1, -0.05) is 60.7 Å². The van der Waals surface area contributed by atoms with E-state index < -0.39 is 0 Å². The first-order valence-electron chi connectivity index (χ1n) is 7.91. The molecular weight excluding hydrogens is 272 g/mol. The third-order valence-electron chi connectivity index (χ3n) is 4.64. The Bertz CT molecular complexity index is 692. The van der Waals surface area contributed by atoms with E-state index in [1.165, 1.54) is 11.1 Å². The monoisotopic (exact) mass is 292 g/mol. The molecule has 0 aliphatic carbocycles. The predicted octanol–water partition coefficient (Wildman–Crippen LogP) is 4.77. The number of para-hydroxylation sites is 1. The van der Waals surface area contributed by atoms with E-state index >= 15 is 0 Å². The van der Waals surface area contributed by atoms with Crippen molar-refractivity contribution >= 4 is 6.08 Å². The Kier molecular flexibility index (Phi) is 3.27. The maximum Gasteiger partial charge on any atom is 0.137 e. The summed E-state index contributed by atoms with van der Waals surface area (Å²) in [6, 6.07) is 18.6. The number of rotatable bonds is 2. The fourth-order valence-electron chi connectivity index (χ4n) is 3.42. The van der Waals surface area contributed by atoms with Crippen LogP contribution in [0.2, 0.25) is 0 Å². The maximum absolute atomic E-state index is 6.35. The van der Waals surface area contributed by atoms with Gasteiger partial charge in [0.1, 0.15) is 17.5 Å². The molecule has 2 aliphatic heterocycles. The SMILES string of the molecule is C[C@@]12CC[C@H](/C=C/c3ccccc3)O[C@@H]1c1ccccc1O2. The second-order valence-corrected chi connectivity index (χ2v) is 6.32. The van der Waals surface area contributed by atoms with Crippen LogP contribution in [0.25, 0.3) is 6.08 Å². The highest BCUT2D eigenvalue weighted by atomic mass is 16.6. The molecule has 0 bridgehead atoms. The van der Waals surface area contributed by atoms with Gasteiger partial charge in [0.25, 0.3) is 0 Å². The molecule has 4 rings (SSSR count). The van der Waals surface area contributed by atoms with Crippen molar-refractivity contribution in [1.82, 2.24) is 0 Å². The van der Waals surface area contributed by atoms with Gasteiger partial charge in [0.05, 0.1) is 6.10 Å². The smallest absolute Gasteiger partial charge is 0.137 e. The normalized spacial score (nSPS) is 29.9. The molecule has 2 aromatic rings. The Hall–Kier alpha value is -2.06. The van der Waals surface area contributed by atoms with Crippen LogP contribution in [0, 0.1) is 0 Å². The lowest BCUT2D eigenvalue weighted by atomic mass is 9.86. The Labute approximate surface area is 131 Å². The van der Waals surface area contributed by atoms with Gasteiger partial charge < -0.3 is 9.47 Å². The molecular formula is C20H20O2. The minimum Gasteiger partial charge on any atom is -0.484 e. The van der Waals surface area contributed by atoms with E-state index in [0.717, 1.165) is 18.6 Å². The zero-order valence-electron chi connectivity index (χ0n) is 12.7. The van der Waals surface area contributed by atoms with Gasteiger partial charge in [0.15, 0.2) is 0 Å². The number of benzene rings is 2. The molecule has 0 radical (unpaired) electrons. The molecule has 0 amide bonds. The molecule has 2 heteroatoms. The van der Waals surface area contributed by atoms with Crippen LogP contribution in [0.4, 0.5) is 0 Å². The Morgan fingerprint density at radius 3 is 2.68 bits per heavy atom. The molecule has 2 aliphatic rings. The molecule has 2 aromatic carbocycles. The van der Waals surface area contributed by atoms with Crippen LogP contribution in [0.3, 0.4) is 0 Å². The third-order valence-corrected chi connectivity index (χ3v) is 4.64. The molecule has 2 nitrogen and oxygen atoms in total. The molecule has 112 valence electrons. The highest BCUT2D eigenvalue weighted by Crippen LogP contribution is 2.50. The summed E-state index contributed by atoms with van der Waals surface area (Å²) in [4.78, 5) is 0. The summed E-state index contributed by atoms with van der Waals surface area (Å²) in [5, 5.41) is 0. The molecule has 22 heavy (non-hydrogen) atoms. The molecule has 0 unspecified atom stereocenters. The first-order valence-corrected chi connectivity index (χ1v) is 7.91. The van der Waals surface area contributed by atoms with E-state index in [4.69, 9.17) is 9.47 Å². The average Bonchev–Trinajstić information content (AvgIpc) is 2.85. The highest BCUT2D eigenvalue weighted by Gasteiger charge is 2.49. The first kappa shape index (κ1) is 13.6. The molecule has 3 atom stereocenters. The van der Waals surface area contributed by atoms with Gasteiger partial charge in [-0.05, 0) is 31.4 Å². The molecule has 0 N–H and O–H groups in total. The summed E-state index contributed by atoms with van der Waals surface area (Å²) in [6.07, 6.45) is 6.50. The molecule has 0 aromatic heterocycles. The van der Waals surface area contributed by atoms with Gasteiger partial charge in [-0.3, -0.25) is 0 Å². The fraction of sp³-hybridized carbons (Fsp3) is 0.300. The van der Waals surface area contributed by atoms with Crippen molar-refractivity contribution in [2.45, 2.75) is 37.6 Å². The zero-order valence-corrected chi connectivity index (χ0v) is 12.7. The van der Waals surface area contributed by atoms with Crippen molar-refractivity contribution in [3.63, 3.8) is 0 Å². The van der Waals surface area contributed by atoms with Crippen molar-refractivity contribution in [3.05, 3.63) is 71.8 Å². The zero-order chi connectivity index (χ0) is 15.0. The van der Waals surface area contributed by atoms with Crippen molar-refractivity contribution in [2.75, 3.05) is 0 Å². The Balaban J connectivity index is 1.54. The van der Waals surface area contributed by atoms with Crippen LogP contribution in [0.1, 0.15) is 37.0 Å². The van der Waals surface area contributed by atoms with Gasteiger partial charge in [0, 0.05) is 5.56 Å². The largest absolute Gasteiger partial charge is 0.484 e. The summed E-state index contributed by atoms with van der Waals surface area (Å²) >= 11 is 0. The quantitative estimate of drug-likeness (QED) is 0.793. The van der Waals surface area contributed by atoms with Crippen LogP contribution in [0.5, 0.6) is 5.75 Å². The van der Waals surface area contributed by atoms with Crippen molar-refractivity contribution < 1.29 is 9.47 Å². The average molecular weight is 292 g/mol. The van der Waals surface area contributed by atoms with Gasteiger partial charge >= 0.3 is 0 Å². The first-order chi connectivity index (χ1) is 10.7. The van der Waals surface area contributed by atoms with Gasteiger partial charge in [-0.2, -0.15) is 0 Å².